The SMILES string of the molecule is c1ccc(-c2ccc(-n3c4ccccc4c4ccc(-n5c6c(-c7ccccc7)cccc6c6cccc([Si](c7ccccc7)(c7ccccc7)c7ccccc7)c65)cc43)cc2)cc1. The topological polar surface area (TPSA) is 9.86 Å². The van der Waals surface area contributed by atoms with Crippen LogP contribution in [0.3, 0.4) is 0 Å². The largest absolute Gasteiger partial charge is 0.309 e. The molecule has 2 nitrogen and oxygen atoms in total. The molecular formula is C60H42N2Si. The summed E-state index contributed by atoms with van der Waals surface area (Å²) in [5.74, 6) is 0. The van der Waals surface area contributed by atoms with E-state index in [-0.39, 0.29) is 0 Å². The van der Waals surface area contributed by atoms with Crippen LogP contribution in [0.2, 0.25) is 0 Å². The molecule has 0 atom stereocenters. The van der Waals surface area contributed by atoms with Gasteiger partial charge in [-0.3, -0.25) is 0 Å². The van der Waals surface area contributed by atoms with Crippen molar-refractivity contribution in [2.24, 2.45) is 0 Å². The predicted octanol–water partition coefficient (Wildman–Crippen LogP) is 12.6. The maximum atomic E-state index is 2.61. The highest BCUT2D eigenvalue weighted by Crippen LogP contribution is 2.40. The van der Waals surface area contributed by atoms with Gasteiger partial charge in [-0.15, -0.1) is 0 Å². The normalized spacial score (nSPS) is 11.8. The molecule has 0 aliphatic rings. The van der Waals surface area contributed by atoms with Gasteiger partial charge < -0.3 is 9.13 Å². The summed E-state index contributed by atoms with van der Waals surface area (Å²) in [5, 5.41) is 10.4. The highest BCUT2D eigenvalue weighted by Gasteiger charge is 2.43. The summed E-state index contributed by atoms with van der Waals surface area (Å²) in [6, 6.07) is 94.4. The Balaban J connectivity index is 1.22. The standard InChI is InChI=1S/C60H42N2Si/c1-6-20-43(21-7-1)44-36-38-46(39-37-44)61-56-34-17-16-30-52(56)53-41-40-47(42-57(53)61)62-59-51(45-22-8-2-9-23-45)31-18-32-54(59)55-33-19-35-58(60(55)62)63(48-24-10-3-11-25-48,49-26-12-4-13-27-49)50-28-14-5-15-29-50/h1-42H. The van der Waals surface area contributed by atoms with Crippen molar-refractivity contribution in [3.63, 3.8) is 0 Å². The van der Waals surface area contributed by atoms with Crippen molar-refractivity contribution in [1.82, 2.24) is 9.13 Å². The highest BCUT2D eigenvalue weighted by atomic mass is 28.3. The van der Waals surface area contributed by atoms with Crippen molar-refractivity contribution in [3.05, 3.63) is 255 Å². The molecule has 0 aliphatic carbocycles. The second kappa shape index (κ2) is 15.2. The molecule has 0 N–H and O–H groups in total. The van der Waals surface area contributed by atoms with E-state index >= 15 is 0 Å². The first-order valence-corrected chi connectivity index (χ1v) is 23.8. The minimum atomic E-state index is -2.99. The smallest absolute Gasteiger partial charge is 0.181 e. The van der Waals surface area contributed by atoms with Crippen LogP contribution in [0, 0.1) is 0 Å². The third-order valence-electron chi connectivity index (χ3n) is 13.1. The Morgan fingerprint density at radius 3 is 1.35 bits per heavy atom. The van der Waals surface area contributed by atoms with Gasteiger partial charge in [0, 0.05) is 38.5 Å². The second-order valence-corrected chi connectivity index (χ2v) is 20.2. The van der Waals surface area contributed by atoms with Gasteiger partial charge in [-0.25, -0.2) is 0 Å². The summed E-state index contributed by atoms with van der Waals surface area (Å²) < 4.78 is 5.06. The molecule has 63 heavy (non-hydrogen) atoms. The van der Waals surface area contributed by atoms with Gasteiger partial charge in [0.25, 0.3) is 0 Å². The molecule has 0 spiro atoms. The summed E-state index contributed by atoms with van der Waals surface area (Å²) in [7, 11) is -2.99. The van der Waals surface area contributed by atoms with Crippen molar-refractivity contribution in [2.45, 2.75) is 0 Å². The summed E-state index contributed by atoms with van der Waals surface area (Å²) in [6.07, 6.45) is 0. The lowest BCUT2D eigenvalue weighted by atomic mass is 10.0. The molecule has 0 unspecified atom stereocenters. The summed E-state index contributed by atoms with van der Waals surface area (Å²) >= 11 is 0. The first kappa shape index (κ1) is 36.8. The quantitative estimate of drug-likeness (QED) is 0.107. The van der Waals surface area contributed by atoms with Crippen molar-refractivity contribution in [3.8, 4) is 33.6 Å². The lowest BCUT2D eigenvalue weighted by Crippen LogP contribution is -2.75. The Morgan fingerprint density at radius 1 is 0.270 bits per heavy atom. The van der Waals surface area contributed by atoms with E-state index in [1.54, 1.807) is 0 Å². The molecule has 0 radical (unpaired) electrons. The van der Waals surface area contributed by atoms with Crippen molar-refractivity contribution >= 4 is 72.4 Å². The fourth-order valence-corrected chi connectivity index (χ4v) is 15.3. The summed E-state index contributed by atoms with van der Waals surface area (Å²) in [5.41, 5.74) is 11.9. The van der Waals surface area contributed by atoms with E-state index in [1.807, 2.05) is 0 Å². The van der Waals surface area contributed by atoms with Crippen LogP contribution >= 0.6 is 0 Å². The van der Waals surface area contributed by atoms with E-state index in [4.69, 9.17) is 0 Å². The van der Waals surface area contributed by atoms with Crippen LogP contribution in [0.5, 0.6) is 0 Å². The van der Waals surface area contributed by atoms with Crippen LogP contribution < -0.4 is 20.7 Å². The lowest BCUT2D eigenvalue weighted by Gasteiger charge is -2.35. The zero-order chi connectivity index (χ0) is 41.7. The Morgan fingerprint density at radius 2 is 0.730 bits per heavy atom. The molecule has 3 heteroatoms. The van der Waals surface area contributed by atoms with Crippen LogP contribution in [0.4, 0.5) is 0 Å². The predicted molar refractivity (Wildman–Crippen MR) is 270 cm³/mol. The van der Waals surface area contributed by atoms with Gasteiger partial charge in [0.1, 0.15) is 0 Å². The molecule has 0 aliphatic heterocycles. The first-order chi connectivity index (χ1) is 31.3. The van der Waals surface area contributed by atoms with E-state index in [9.17, 15) is 0 Å². The molecule has 2 heterocycles. The number of hydrogen-bond acceptors (Lipinski definition) is 0. The molecular weight excluding hydrogens is 777 g/mol. The minimum absolute atomic E-state index is 1.13. The molecule has 12 aromatic rings. The number of para-hydroxylation sites is 3. The average Bonchev–Trinajstić information content (AvgIpc) is 3.89. The fraction of sp³-hybridized carbons (Fsp3) is 0. The van der Waals surface area contributed by atoms with Gasteiger partial charge in [-0.1, -0.05) is 224 Å². The zero-order valence-electron chi connectivity index (χ0n) is 34.6. The third-order valence-corrected chi connectivity index (χ3v) is 17.9. The van der Waals surface area contributed by atoms with Crippen LogP contribution in [-0.4, -0.2) is 17.2 Å². The Bertz CT molecular complexity index is 3480. The minimum Gasteiger partial charge on any atom is -0.309 e. The molecule has 0 saturated carbocycles. The summed E-state index contributed by atoms with van der Waals surface area (Å²) in [6.45, 7) is 0. The molecule has 0 fully saturated rings. The average molecular weight is 819 g/mol. The van der Waals surface area contributed by atoms with E-state index in [2.05, 4.69) is 264 Å². The maximum absolute atomic E-state index is 2.99. The number of fused-ring (bicyclic) bond motifs is 6. The number of rotatable bonds is 8. The second-order valence-electron chi connectivity index (χ2n) is 16.4. The fourth-order valence-electron chi connectivity index (χ4n) is 10.4. The van der Waals surface area contributed by atoms with E-state index in [1.165, 1.54) is 86.6 Å². The van der Waals surface area contributed by atoms with E-state index in [0.717, 1.165) is 11.4 Å². The molecule has 0 saturated heterocycles. The molecule has 10 aromatic carbocycles. The van der Waals surface area contributed by atoms with Gasteiger partial charge in [0.2, 0.25) is 0 Å². The van der Waals surface area contributed by atoms with Crippen LogP contribution in [-0.2, 0) is 0 Å². The third kappa shape index (κ3) is 5.85. The van der Waals surface area contributed by atoms with E-state index in [0.29, 0.717) is 0 Å². The molecule has 2 aromatic heterocycles. The molecule has 296 valence electrons. The van der Waals surface area contributed by atoms with Gasteiger partial charge in [0.15, 0.2) is 8.07 Å². The molecule has 0 amide bonds. The van der Waals surface area contributed by atoms with Gasteiger partial charge in [-0.05, 0) is 67.8 Å². The monoisotopic (exact) mass is 818 g/mol. The molecule has 0 bridgehead atoms. The van der Waals surface area contributed by atoms with Crippen molar-refractivity contribution in [2.75, 3.05) is 0 Å². The lowest BCUT2D eigenvalue weighted by molar-refractivity contribution is 1.16. The Kier molecular flexibility index (Phi) is 8.87. The van der Waals surface area contributed by atoms with E-state index < -0.39 is 8.07 Å². The number of aromatic nitrogens is 2. The first-order valence-electron chi connectivity index (χ1n) is 21.8. The zero-order valence-corrected chi connectivity index (χ0v) is 35.6. The number of hydrogen-bond donors (Lipinski definition) is 0. The Labute approximate surface area is 368 Å². The van der Waals surface area contributed by atoms with Crippen molar-refractivity contribution in [1.29, 1.82) is 0 Å². The number of nitrogens with zero attached hydrogens (tertiary/aromatic N) is 2. The number of benzene rings is 10. The Hall–Kier alpha value is -7.98. The van der Waals surface area contributed by atoms with Gasteiger partial charge in [0.05, 0.1) is 22.1 Å². The maximum Gasteiger partial charge on any atom is 0.181 e. The van der Waals surface area contributed by atoms with Crippen LogP contribution in [0.15, 0.2) is 255 Å². The van der Waals surface area contributed by atoms with Crippen LogP contribution in [0.25, 0.3) is 77.2 Å². The van der Waals surface area contributed by atoms with Gasteiger partial charge >= 0.3 is 0 Å². The van der Waals surface area contributed by atoms with Crippen LogP contribution in [0.1, 0.15) is 0 Å². The highest BCUT2D eigenvalue weighted by molar-refractivity contribution is 7.20. The van der Waals surface area contributed by atoms with Gasteiger partial charge in [-0.2, -0.15) is 0 Å². The summed E-state index contributed by atoms with van der Waals surface area (Å²) in [4.78, 5) is 0. The van der Waals surface area contributed by atoms with Crippen molar-refractivity contribution < 1.29 is 0 Å². The molecule has 12 rings (SSSR count).